The molecule has 0 spiro atoms. The van der Waals surface area contributed by atoms with Crippen molar-refractivity contribution < 1.29 is 9.59 Å². The van der Waals surface area contributed by atoms with Crippen LogP contribution in [0.1, 0.15) is 23.2 Å². The molecule has 1 aliphatic heterocycles. The molecule has 1 unspecified atom stereocenters. The first-order valence-electron chi connectivity index (χ1n) is 4.68. The zero-order chi connectivity index (χ0) is 9.97. The monoisotopic (exact) mass is 192 g/mol. The Morgan fingerprint density at radius 3 is 3.07 bits per heavy atom. The van der Waals surface area contributed by atoms with Crippen LogP contribution in [-0.2, 0) is 11.3 Å². The number of amides is 1. The lowest BCUT2D eigenvalue weighted by Gasteiger charge is -2.10. The summed E-state index contributed by atoms with van der Waals surface area (Å²) in [6.07, 6.45) is 5.97. The van der Waals surface area contributed by atoms with Gasteiger partial charge in [0.25, 0.3) is 0 Å². The SMILES string of the molecule is O=Cc1ccn(CC2CCC(=O)N2)c1. The number of aromatic nitrogens is 1. The van der Waals surface area contributed by atoms with E-state index in [2.05, 4.69) is 5.32 Å². The van der Waals surface area contributed by atoms with Gasteiger partial charge < -0.3 is 9.88 Å². The van der Waals surface area contributed by atoms with Crippen LogP contribution in [0.4, 0.5) is 0 Å². The second-order valence-electron chi connectivity index (χ2n) is 3.56. The zero-order valence-electron chi connectivity index (χ0n) is 7.77. The first-order chi connectivity index (χ1) is 6.78. The molecule has 0 aromatic carbocycles. The van der Waals surface area contributed by atoms with E-state index in [0.717, 1.165) is 19.3 Å². The van der Waals surface area contributed by atoms with Crippen molar-refractivity contribution in [2.24, 2.45) is 0 Å². The van der Waals surface area contributed by atoms with Crippen molar-refractivity contribution in [1.82, 2.24) is 9.88 Å². The molecule has 1 N–H and O–H groups in total. The fourth-order valence-electron chi connectivity index (χ4n) is 1.71. The lowest BCUT2D eigenvalue weighted by molar-refractivity contribution is -0.119. The molecular formula is C10H12N2O2. The van der Waals surface area contributed by atoms with E-state index in [4.69, 9.17) is 0 Å². The maximum atomic E-state index is 10.9. The molecule has 2 heterocycles. The Balaban J connectivity index is 1.97. The van der Waals surface area contributed by atoms with Crippen LogP contribution >= 0.6 is 0 Å². The topological polar surface area (TPSA) is 51.1 Å². The largest absolute Gasteiger partial charge is 0.352 e. The van der Waals surface area contributed by atoms with Crippen molar-refractivity contribution in [3.05, 3.63) is 24.0 Å². The summed E-state index contributed by atoms with van der Waals surface area (Å²) >= 11 is 0. The molecule has 1 aromatic rings. The third-order valence-electron chi connectivity index (χ3n) is 2.43. The summed E-state index contributed by atoms with van der Waals surface area (Å²) in [7, 11) is 0. The van der Waals surface area contributed by atoms with Gasteiger partial charge >= 0.3 is 0 Å². The number of hydrogen-bond donors (Lipinski definition) is 1. The Bertz CT molecular complexity index is 357. The summed E-state index contributed by atoms with van der Waals surface area (Å²) in [6, 6.07) is 1.98. The quantitative estimate of drug-likeness (QED) is 0.712. The molecule has 14 heavy (non-hydrogen) atoms. The minimum atomic E-state index is 0.123. The number of rotatable bonds is 3. The third kappa shape index (κ3) is 1.84. The molecule has 2 rings (SSSR count). The van der Waals surface area contributed by atoms with E-state index >= 15 is 0 Å². The van der Waals surface area contributed by atoms with Crippen molar-refractivity contribution >= 4 is 12.2 Å². The summed E-state index contributed by atoms with van der Waals surface area (Å²) in [6.45, 7) is 0.750. The van der Waals surface area contributed by atoms with Crippen LogP contribution in [0.15, 0.2) is 18.5 Å². The van der Waals surface area contributed by atoms with Gasteiger partial charge in [0.1, 0.15) is 0 Å². The van der Waals surface area contributed by atoms with Crippen molar-refractivity contribution in [3.8, 4) is 0 Å². The van der Waals surface area contributed by atoms with E-state index in [0.29, 0.717) is 12.0 Å². The Morgan fingerprint density at radius 1 is 1.64 bits per heavy atom. The van der Waals surface area contributed by atoms with E-state index in [1.807, 2.05) is 10.8 Å². The number of aldehydes is 1. The summed E-state index contributed by atoms with van der Waals surface area (Å²) in [5.41, 5.74) is 0.675. The molecular weight excluding hydrogens is 180 g/mol. The molecule has 1 aliphatic rings. The summed E-state index contributed by atoms with van der Waals surface area (Å²) in [5, 5.41) is 2.88. The highest BCUT2D eigenvalue weighted by Gasteiger charge is 2.20. The predicted molar refractivity (Wildman–Crippen MR) is 51.0 cm³/mol. The van der Waals surface area contributed by atoms with E-state index in [9.17, 15) is 9.59 Å². The predicted octanol–water partition coefficient (Wildman–Crippen LogP) is 0.579. The van der Waals surface area contributed by atoms with Crippen LogP contribution in [0.25, 0.3) is 0 Å². The van der Waals surface area contributed by atoms with Gasteiger partial charge in [-0.2, -0.15) is 0 Å². The number of carbonyl (C=O) groups is 2. The van der Waals surface area contributed by atoms with Crippen LogP contribution in [0.2, 0.25) is 0 Å². The van der Waals surface area contributed by atoms with E-state index in [1.165, 1.54) is 0 Å². The van der Waals surface area contributed by atoms with Crippen LogP contribution in [0.3, 0.4) is 0 Å². The molecule has 1 fully saturated rings. The molecule has 4 nitrogen and oxygen atoms in total. The smallest absolute Gasteiger partial charge is 0.220 e. The van der Waals surface area contributed by atoms with Crippen LogP contribution in [-0.4, -0.2) is 22.8 Å². The summed E-state index contributed by atoms with van der Waals surface area (Å²) in [5.74, 6) is 0.123. The van der Waals surface area contributed by atoms with Crippen LogP contribution < -0.4 is 5.32 Å². The zero-order valence-corrected chi connectivity index (χ0v) is 7.77. The van der Waals surface area contributed by atoms with Gasteiger partial charge in [0.05, 0.1) is 0 Å². The summed E-state index contributed by atoms with van der Waals surface area (Å²) < 4.78 is 1.93. The molecule has 1 amide bonds. The molecule has 0 bridgehead atoms. The molecule has 1 atom stereocenters. The summed E-state index contributed by atoms with van der Waals surface area (Å²) in [4.78, 5) is 21.4. The van der Waals surface area contributed by atoms with Gasteiger partial charge in [0, 0.05) is 37.0 Å². The molecule has 0 aliphatic carbocycles. The number of nitrogens with zero attached hydrogens (tertiary/aromatic N) is 1. The van der Waals surface area contributed by atoms with Crippen molar-refractivity contribution in [2.45, 2.75) is 25.4 Å². The first kappa shape index (κ1) is 8.99. The average molecular weight is 192 g/mol. The van der Waals surface area contributed by atoms with Crippen molar-refractivity contribution in [3.63, 3.8) is 0 Å². The second-order valence-corrected chi connectivity index (χ2v) is 3.56. The maximum absolute atomic E-state index is 10.9. The normalized spacial score (nSPS) is 20.9. The van der Waals surface area contributed by atoms with Gasteiger partial charge in [0.15, 0.2) is 6.29 Å². The third-order valence-corrected chi connectivity index (χ3v) is 2.43. The number of nitrogens with one attached hydrogen (secondary N) is 1. The highest BCUT2D eigenvalue weighted by molar-refractivity contribution is 5.78. The first-order valence-corrected chi connectivity index (χ1v) is 4.68. The Morgan fingerprint density at radius 2 is 2.50 bits per heavy atom. The van der Waals surface area contributed by atoms with Crippen LogP contribution in [0, 0.1) is 0 Å². The Kier molecular flexibility index (Phi) is 2.35. The average Bonchev–Trinajstić information content (AvgIpc) is 2.76. The highest BCUT2D eigenvalue weighted by atomic mass is 16.2. The lowest BCUT2D eigenvalue weighted by Crippen LogP contribution is -2.29. The van der Waals surface area contributed by atoms with E-state index in [-0.39, 0.29) is 11.9 Å². The van der Waals surface area contributed by atoms with Gasteiger partial charge in [-0.05, 0) is 12.5 Å². The van der Waals surface area contributed by atoms with Crippen molar-refractivity contribution in [1.29, 1.82) is 0 Å². The molecule has 1 aromatic heterocycles. The Labute approximate surface area is 81.9 Å². The molecule has 0 saturated carbocycles. The van der Waals surface area contributed by atoms with Gasteiger partial charge in [-0.1, -0.05) is 0 Å². The standard InChI is InChI=1S/C10H12N2O2/c13-7-8-3-4-12(5-8)6-9-1-2-10(14)11-9/h3-5,7,9H,1-2,6H2,(H,11,14). The lowest BCUT2D eigenvalue weighted by atomic mass is 10.2. The van der Waals surface area contributed by atoms with Crippen molar-refractivity contribution in [2.75, 3.05) is 0 Å². The van der Waals surface area contributed by atoms with Gasteiger partial charge in [-0.15, -0.1) is 0 Å². The van der Waals surface area contributed by atoms with E-state index < -0.39 is 0 Å². The maximum Gasteiger partial charge on any atom is 0.220 e. The molecule has 1 saturated heterocycles. The molecule has 0 radical (unpaired) electrons. The molecule has 4 heteroatoms. The van der Waals surface area contributed by atoms with Gasteiger partial charge in [-0.3, -0.25) is 9.59 Å². The Hall–Kier alpha value is -1.58. The minimum absolute atomic E-state index is 0.123. The molecule has 74 valence electrons. The fraction of sp³-hybridized carbons (Fsp3) is 0.400. The van der Waals surface area contributed by atoms with Gasteiger partial charge in [0.2, 0.25) is 5.91 Å². The number of hydrogen-bond acceptors (Lipinski definition) is 2. The number of carbonyl (C=O) groups excluding carboxylic acids is 2. The van der Waals surface area contributed by atoms with Crippen LogP contribution in [0.5, 0.6) is 0 Å². The fourth-order valence-corrected chi connectivity index (χ4v) is 1.71. The second kappa shape index (κ2) is 3.65. The minimum Gasteiger partial charge on any atom is -0.352 e. The van der Waals surface area contributed by atoms with E-state index in [1.54, 1.807) is 12.3 Å². The highest BCUT2D eigenvalue weighted by Crippen LogP contribution is 2.09. The van der Waals surface area contributed by atoms with Gasteiger partial charge in [-0.25, -0.2) is 0 Å².